The van der Waals surface area contributed by atoms with E-state index >= 15 is 0 Å². The van der Waals surface area contributed by atoms with Gasteiger partial charge in [0.1, 0.15) is 5.82 Å². The number of aromatic amines is 1. The molecule has 1 unspecified atom stereocenters. The molecule has 1 aliphatic rings. The molecule has 0 bridgehead atoms. The molecule has 0 aliphatic carbocycles. The molecule has 1 aliphatic heterocycles. The van der Waals surface area contributed by atoms with Crippen LogP contribution in [0.5, 0.6) is 0 Å². The molecule has 0 aromatic carbocycles. The summed E-state index contributed by atoms with van der Waals surface area (Å²) in [6.45, 7) is 2.30. The largest absolute Gasteiger partial charge is 0.344 e. The van der Waals surface area contributed by atoms with Gasteiger partial charge < -0.3 is 10.7 Å². The summed E-state index contributed by atoms with van der Waals surface area (Å²) >= 11 is 0. The Bertz CT molecular complexity index is 465. The molecule has 2 heterocycles. The van der Waals surface area contributed by atoms with Gasteiger partial charge in [-0.2, -0.15) is 0 Å². The smallest absolute Gasteiger partial charge is 0.151 e. The summed E-state index contributed by atoms with van der Waals surface area (Å²) < 4.78 is 22.9. The molecule has 1 saturated heterocycles. The van der Waals surface area contributed by atoms with Crippen molar-refractivity contribution in [1.82, 2.24) is 9.97 Å². The van der Waals surface area contributed by atoms with E-state index in [1.54, 1.807) is 6.20 Å². The summed E-state index contributed by atoms with van der Waals surface area (Å²) in [6.07, 6.45) is 2.35. The highest BCUT2D eigenvalue weighted by molar-refractivity contribution is 7.91. The van der Waals surface area contributed by atoms with Crippen LogP contribution in [0.25, 0.3) is 0 Å². The number of imidazole rings is 1. The minimum atomic E-state index is -2.88. The maximum Gasteiger partial charge on any atom is 0.151 e. The maximum absolute atomic E-state index is 11.4. The maximum atomic E-state index is 11.4. The minimum Gasteiger partial charge on any atom is -0.344 e. The lowest BCUT2D eigenvalue weighted by molar-refractivity contribution is 0.521. The zero-order valence-corrected chi connectivity index (χ0v) is 9.47. The zero-order valence-electron chi connectivity index (χ0n) is 8.66. The van der Waals surface area contributed by atoms with Gasteiger partial charge in [0.15, 0.2) is 9.84 Å². The van der Waals surface area contributed by atoms with Gasteiger partial charge in [-0.1, -0.05) is 6.92 Å². The van der Waals surface area contributed by atoms with E-state index in [0.29, 0.717) is 18.8 Å². The first-order valence-electron chi connectivity index (χ1n) is 4.90. The Balaban J connectivity index is 2.31. The zero-order chi connectivity index (χ0) is 11.1. The third kappa shape index (κ3) is 1.91. The highest BCUT2D eigenvalue weighted by atomic mass is 32.2. The van der Waals surface area contributed by atoms with E-state index < -0.39 is 9.84 Å². The Hall–Kier alpha value is -0.880. The van der Waals surface area contributed by atoms with Crippen molar-refractivity contribution in [3.63, 3.8) is 0 Å². The number of hydrogen-bond donors (Lipinski definition) is 2. The average molecular weight is 229 g/mol. The number of nitrogens with zero attached hydrogens (tertiary/aromatic N) is 1. The molecule has 15 heavy (non-hydrogen) atoms. The van der Waals surface area contributed by atoms with Crippen molar-refractivity contribution in [2.24, 2.45) is 5.73 Å². The number of H-pyrrole nitrogens is 1. The molecule has 6 heteroatoms. The molecule has 1 aromatic heterocycles. The Kier molecular flexibility index (Phi) is 2.35. The quantitative estimate of drug-likeness (QED) is 0.743. The van der Waals surface area contributed by atoms with Crippen LogP contribution in [0.15, 0.2) is 6.20 Å². The van der Waals surface area contributed by atoms with Crippen LogP contribution in [0.3, 0.4) is 0 Å². The van der Waals surface area contributed by atoms with Crippen molar-refractivity contribution in [3.05, 3.63) is 17.7 Å². The van der Waals surface area contributed by atoms with Crippen molar-refractivity contribution in [2.45, 2.75) is 25.3 Å². The summed E-state index contributed by atoms with van der Waals surface area (Å²) in [4.78, 5) is 7.18. The van der Waals surface area contributed by atoms with Gasteiger partial charge >= 0.3 is 0 Å². The van der Waals surface area contributed by atoms with E-state index in [4.69, 9.17) is 5.73 Å². The first kappa shape index (κ1) is 10.6. The van der Waals surface area contributed by atoms with Gasteiger partial charge in [0.25, 0.3) is 0 Å². The predicted molar refractivity (Wildman–Crippen MR) is 57.1 cm³/mol. The Morgan fingerprint density at radius 3 is 2.87 bits per heavy atom. The molecule has 1 aromatic rings. The molecule has 0 radical (unpaired) electrons. The van der Waals surface area contributed by atoms with Gasteiger partial charge in [0, 0.05) is 17.3 Å². The van der Waals surface area contributed by atoms with Gasteiger partial charge in [-0.05, 0) is 6.42 Å². The van der Waals surface area contributed by atoms with E-state index in [0.717, 1.165) is 5.69 Å². The van der Waals surface area contributed by atoms with E-state index in [2.05, 4.69) is 9.97 Å². The first-order valence-corrected chi connectivity index (χ1v) is 6.72. The first-order chi connectivity index (χ1) is 6.95. The second kappa shape index (κ2) is 3.31. The van der Waals surface area contributed by atoms with Crippen LogP contribution in [0.4, 0.5) is 0 Å². The SMILES string of the molecule is CC1(c2cnc(CN)[nH]2)CCS(=O)(=O)C1. The lowest BCUT2D eigenvalue weighted by Gasteiger charge is -2.19. The Labute approximate surface area is 89.0 Å². The number of sulfone groups is 1. The number of hydrogen-bond acceptors (Lipinski definition) is 4. The fourth-order valence-electron chi connectivity index (χ4n) is 2.00. The summed E-state index contributed by atoms with van der Waals surface area (Å²) in [7, 11) is -2.88. The second-order valence-electron chi connectivity index (χ2n) is 4.35. The van der Waals surface area contributed by atoms with Crippen molar-refractivity contribution in [3.8, 4) is 0 Å². The van der Waals surface area contributed by atoms with E-state index in [1.807, 2.05) is 6.92 Å². The summed E-state index contributed by atoms with van der Waals surface area (Å²) in [5.74, 6) is 1.17. The highest BCUT2D eigenvalue weighted by Gasteiger charge is 2.40. The van der Waals surface area contributed by atoms with E-state index in [1.165, 1.54) is 0 Å². The van der Waals surface area contributed by atoms with E-state index in [9.17, 15) is 8.42 Å². The van der Waals surface area contributed by atoms with E-state index in [-0.39, 0.29) is 16.9 Å². The van der Waals surface area contributed by atoms with Crippen LogP contribution in [0, 0.1) is 0 Å². The lowest BCUT2D eigenvalue weighted by Crippen LogP contribution is -2.23. The molecular weight excluding hydrogens is 214 g/mol. The predicted octanol–water partition coefficient (Wildman–Crippen LogP) is -0.0554. The molecule has 3 N–H and O–H groups in total. The van der Waals surface area contributed by atoms with Crippen LogP contribution in [0.1, 0.15) is 24.9 Å². The Morgan fingerprint density at radius 2 is 2.40 bits per heavy atom. The molecule has 0 amide bonds. The van der Waals surface area contributed by atoms with Crippen LogP contribution in [-0.4, -0.2) is 29.9 Å². The summed E-state index contributed by atoms with van der Waals surface area (Å²) in [6, 6.07) is 0. The number of nitrogens with two attached hydrogens (primary N) is 1. The van der Waals surface area contributed by atoms with Crippen LogP contribution < -0.4 is 5.73 Å². The fourth-order valence-corrected chi connectivity index (χ4v) is 4.17. The van der Waals surface area contributed by atoms with Crippen LogP contribution >= 0.6 is 0 Å². The number of aromatic nitrogens is 2. The van der Waals surface area contributed by atoms with Crippen LogP contribution in [-0.2, 0) is 21.8 Å². The molecule has 0 saturated carbocycles. The third-order valence-corrected chi connectivity index (χ3v) is 4.88. The number of nitrogens with one attached hydrogen (secondary N) is 1. The van der Waals surface area contributed by atoms with Crippen molar-refractivity contribution >= 4 is 9.84 Å². The molecule has 1 fully saturated rings. The van der Waals surface area contributed by atoms with Crippen LogP contribution in [0.2, 0.25) is 0 Å². The van der Waals surface area contributed by atoms with Crippen molar-refractivity contribution < 1.29 is 8.42 Å². The standard InChI is InChI=1S/C9H15N3O2S/c1-9(2-3-15(13,14)6-9)7-5-11-8(4-10)12-7/h5H,2-4,6,10H2,1H3,(H,11,12). The minimum absolute atomic E-state index is 0.201. The number of rotatable bonds is 2. The average Bonchev–Trinajstić information content (AvgIpc) is 2.71. The summed E-state index contributed by atoms with van der Waals surface area (Å²) in [5.41, 5.74) is 6.00. The molecule has 2 rings (SSSR count). The lowest BCUT2D eigenvalue weighted by atomic mass is 9.87. The molecular formula is C9H15N3O2S. The van der Waals surface area contributed by atoms with Gasteiger partial charge in [0.2, 0.25) is 0 Å². The van der Waals surface area contributed by atoms with Gasteiger partial charge in [-0.15, -0.1) is 0 Å². The normalized spacial score (nSPS) is 29.5. The monoisotopic (exact) mass is 229 g/mol. The molecule has 84 valence electrons. The van der Waals surface area contributed by atoms with Crippen molar-refractivity contribution in [2.75, 3.05) is 11.5 Å². The molecule has 0 spiro atoms. The van der Waals surface area contributed by atoms with Gasteiger partial charge in [0.05, 0.1) is 18.1 Å². The van der Waals surface area contributed by atoms with Gasteiger partial charge in [-0.25, -0.2) is 13.4 Å². The summed E-state index contributed by atoms with van der Waals surface area (Å²) in [5, 5.41) is 0. The molecule has 1 atom stereocenters. The third-order valence-electron chi connectivity index (χ3n) is 2.98. The van der Waals surface area contributed by atoms with Crippen molar-refractivity contribution in [1.29, 1.82) is 0 Å². The topological polar surface area (TPSA) is 88.8 Å². The molecule has 5 nitrogen and oxygen atoms in total. The highest BCUT2D eigenvalue weighted by Crippen LogP contribution is 2.34. The Morgan fingerprint density at radius 1 is 1.67 bits per heavy atom. The van der Waals surface area contributed by atoms with Gasteiger partial charge in [-0.3, -0.25) is 0 Å². The fraction of sp³-hybridized carbons (Fsp3) is 0.667. The second-order valence-corrected chi connectivity index (χ2v) is 6.53.